The highest BCUT2D eigenvalue weighted by atomic mass is 32.1. The van der Waals surface area contributed by atoms with Crippen molar-refractivity contribution in [1.29, 1.82) is 0 Å². The summed E-state index contributed by atoms with van der Waals surface area (Å²) in [5.41, 5.74) is -0.249. The van der Waals surface area contributed by atoms with Gasteiger partial charge in [0.25, 0.3) is 0 Å². The number of hydrogen-bond acceptors (Lipinski definition) is 5. The lowest BCUT2D eigenvalue weighted by Gasteiger charge is -2.56. The molecule has 4 aliphatic rings. The summed E-state index contributed by atoms with van der Waals surface area (Å²) in [4.78, 5) is 37.9. The molecule has 0 radical (unpaired) electrons. The van der Waals surface area contributed by atoms with Gasteiger partial charge in [-0.2, -0.15) is 0 Å². The fourth-order valence-corrected chi connectivity index (χ4v) is 6.62. The summed E-state index contributed by atoms with van der Waals surface area (Å²) in [5, 5.41) is 1.85. The zero-order valence-corrected chi connectivity index (χ0v) is 16.1. The Labute approximate surface area is 158 Å². The van der Waals surface area contributed by atoms with Crippen molar-refractivity contribution >= 4 is 28.9 Å². The second-order valence-corrected chi connectivity index (χ2v) is 9.54. The van der Waals surface area contributed by atoms with Crippen molar-refractivity contribution in [2.75, 3.05) is 0 Å². The molecule has 1 aromatic rings. The highest BCUT2D eigenvalue weighted by Gasteiger charge is 2.55. The van der Waals surface area contributed by atoms with E-state index in [1.165, 1.54) is 30.6 Å². The van der Waals surface area contributed by atoms with Crippen molar-refractivity contribution in [2.24, 2.45) is 23.2 Å². The Bertz CT molecular complexity index is 670. The number of carbonyl (C=O) groups is 3. The van der Waals surface area contributed by atoms with E-state index in [1.54, 1.807) is 13.0 Å². The van der Waals surface area contributed by atoms with Crippen LogP contribution in [0.1, 0.15) is 68.0 Å². The van der Waals surface area contributed by atoms with Gasteiger partial charge in [-0.1, -0.05) is 6.07 Å². The number of rotatable bonds is 7. The lowest BCUT2D eigenvalue weighted by Crippen LogP contribution is -2.52. The normalized spacial score (nSPS) is 33.0. The summed E-state index contributed by atoms with van der Waals surface area (Å²) in [6.45, 7) is 1.71. The van der Waals surface area contributed by atoms with Crippen LogP contribution < -0.4 is 0 Å². The van der Waals surface area contributed by atoms with Crippen LogP contribution >= 0.6 is 11.3 Å². The predicted molar refractivity (Wildman–Crippen MR) is 99.0 cm³/mol. The van der Waals surface area contributed by atoms with Crippen LogP contribution in [0.5, 0.6) is 0 Å². The van der Waals surface area contributed by atoms with Crippen molar-refractivity contribution in [3.05, 3.63) is 22.4 Å². The molecular weight excluding hydrogens is 348 g/mol. The molecule has 4 bridgehead atoms. The van der Waals surface area contributed by atoms with E-state index in [2.05, 4.69) is 0 Å². The largest absolute Gasteiger partial charge is 0.455 e. The maximum atomic E-state index is 13.1. The van der Waals surface area contributed by atoms with Gasteiger partial charge < -0.3 is 4.74 Å². The van der Waals surface area contributed by atoms with Gasteiger partial charge in [0.1, 0.15) is 0 Å². The second kappa shape index (κ2) is 6.91. The third-order valence-electron chi connectivity index (χ3n) is 6.59. The van der Waals surface area contributed by atoms with Crippen LogP contribution in [0.2, 0.25) is 0 Å². The maximum Gasteiger partial charge on any atom is 0.306 e. The van der Waals surface area contributed by atoms with Gasteiger partial charge in [0.15, 0.2) is 17.7 Å². The summed E-state index contributed by atoms with van der Waals surface area (Å²) in [6.07, 6.45) is 6.27. The van der Waals surface area contributed by atoms with E-state index in [4.69, 9.17) is 4.74 Å². The number of thiophene rings is 1. The van der Waals surface area contributed by atoms with E-state index in [1.807, 2.05) is 11.4 Å². The van der Waals surface area contributed by atoms with Crippen LogP contribution in [-0.4, -0.2) is 23.6 Å². The number of ether oxygens (including phenoxy) is 1. The Kier molecular flexibility index (Phi) is 4.76. The highest BCUT2D eigenvalue weighted by Crippen LogP contribution is 2.60. The van der Waals surface area contributed by atoms with Gasteiger partial charge in [-0.3, -0.25) is 14.4 Å². The molecular formula is C21H26O4S. The average molecular weight is 375 g/mol. The fraction of sp³-hybridized carbons (Fsp3) is 0.667. The summed E-state index contributed by atoms with van der Waals surface area (Å²) in [7, 11) is 0. The number of carbonyl (C=O) groups excluding carboxylic acids is 3. The third kappa shape index (κ3) is 3.38. The van der Waals surface area contributed by atoms with Gasteiger partial charge in [-0.25, -0.2) is 0 Å². The van der Waals surface area contributed by atoms with Crippen molar-refractivity contribution in [2.45, 2.75) is 64.4 Å². The van der Waals surface area contributed by atoms with Crippen LogP contribution in [0.3, 0.4) is 0 Å². The van der Waals surface area contributed by atoms with Gasteiger partial charge in [0.2, 0.25) is 0 Å². The quantitative estimate of drug-likeness (QED) is 0.523. The number of Topliss-reactive ketones (excluding diaryl/α,β-unsaturated/α-hetero) is 2. The molecule has 0 spiro atoms. The Balaban J connectivity index is 1.31. The molecule has 1 aromatic heterocycles. The van der Waals surface area contributed by atoms with Crippen LogP contribution in [0, 0.1) is 23.2 Å². The van der Waals surface area contributed by atoms with Crippen molar-refractivity contribution in [3.63, 3.8) is 0 Å². The Morgan fingerprint density at radius 1 is 1.12 bits per heavy atom. The molecule has 5 rings (SSSR count). The van der Waals surface area contributed by atoms with E-state index >= 15 is 0 Å². The highest BCUT2D eigenvalue weighted by molar-refractivity contribution is 7.12. The minimum Gasteiger partial charge on any atom is -0.455 e. The molecule has 4 saturated carbocycles. The molecule has 1 unspecified atom stereocenters. The van der Waals surface area contributed by atoms with E-state index in [0.29, 0.717) is 22.6 Å². The number of hydrogen-bond donors (Lipinski definition) is 0. The standard InChI is InChI=1S/C21H26O4S/c1-13(25-19(23)5-4-17(22)18-3-2-6-26-18)20(24)21-10-14-7-15(11-21)9-16(8-14)12-21/h2-3,6,13-16H,4-5,7-12H2,1H3. The van der Waals surface area contributed by atoms with E-state index < -0.39 is 12.1 Å². The lowest BCUT2D eigenvalue weighted by atomic mass is 9.48. The first kappa shape index (κ1) is 17.9. The van der Waals surface area contributed by atoms with Crippen molar-refractivity contribution < 1.29 is 19.1 Å². The Morgan fingerprint density at radius 3 is 2.27 bits per heavy atom. The first-order chi connectivity index (χ1) is 12.4. The van der Waals surface area contributed by atoms with Crippen LogP contribution in [0.4, 0.5) is 0 Å². The molecule has 1 atom stereocenters. The molecule has 4 fully saturated rings. The Hall–Kier alpha value is -1.49. The first-order valence-electron chi connectivity index (χ1n) is 9.76. The van der Waals surface area contributed by atoms with Crippen LogP contribution in [0.15, 0.2) is 17.5 Å². The second-order valence-electron chi connectivity index (χ2n) is 8.59. The van der Waals surface area contributed by atoms with Gasteiger partial charge >= 0.3 is 5.97 Å². The summed E-state index contributed by atoms with van der Waals surface area (Å²) in [5.74, 6) is 1.71. The molecule has 4 aliphatic carbocycles. The fourth-order valence-electron chi connectivity index (χ4n) is 5.93. The lowest BCUT2D eigenvalue weighted by molar-refractivity contribution is -0.164. The number of esters is 1. The van der Waals surface area contributed by atoms with E-state index in [9.17, 15) is 14.4 Å². The van der Waals surface area contributed by atoms with E-state index in [0.717, 1.165) is 19.3 Å². The van der Waals surface area contributed by atoms with Gasteiger partial charge in [-0.05, 0) is 74.6 Å². The SMILES string of the molecule is CC(OC(=O)CCC(=O)c1cccs1)C(=O)C12CC3CC(CC(C3)C1)C2. The molecule has 0 N–H and O–H groups in total. The average Bonchev–Trinajstić information content (AvgIpc) is 3.12. The molecule has 1 heterocycles. The summed E-state index contributed by atoms with van der Waals surface area (Å²) >= 11 is 1.38. The molecule has 4 nitrogen and oxygen atoms in total. The van der Waals surface area contributed by atoms with Gasteiger partial charge in [0, 0.05) is 11.8 Å². The van der Waals surface area contributed by atoms with Gasteiger partial charge in [0.05, 0.1) is 11.3 Å². The maximum absolute atomic E-state index is 13.1. The molecule has 0 amide bonds. The molecule has 0 aromatic carbocycles. The first-order valence-corrected chi connectivity index (χ1v) is 10.6. The smallest absolute Gasteiger partial charge is 0.306 e. The minimum absolute atomic E-state index is 0.0369. The summed E-state index contributed by atoms with van der Waals surface area (Å²) < 4.78 is 5.43. The van der Waals surface area contributed by atoms with Crippen LogP contribution in [0.25, 0.3) is 0 Å². The predicted octanol–water partition coefficient (Wildman–Crippen LogP) is 4.43. The monoisotopic (exact) mass is 374 g/mol. The third-order valence-corrected chi connectivity index (χ3v) is 7.50. The zero-order chi connectivity index (χ0) is 18.3. The molecule has 140 valence electrons. The topological polar surface area (TPSA) is 60.4 Å². The molecule has 0 aliphatic heterocycles. The van der Waals surface area contributed by atoms with Crippen molar-refractivity contribution in [1.82, 2.24) is 0 Å². The van der Waals surface area contributed by atoms with Crippen LogP contribution in [-0.2, 0) is 14.3 Å². The number of ketones is 2. The summed E-state index contributed by atoms with van der Waals surface area (Å²) in [6, 6.07) is 3.58. The molecule has 5 heteroatoms. The zero-order valence-electron chi connectivity index (χ0n) is 15.2. The van der Waals surface area contributed by atoms with Gasteiger partial charge in [-0.15, -0.1) is 11.3 Å². The van der Waals surface area contributed by atoms with Crippen molar-refractivity contribution in [3.8, 4) is 0 Å². The molecule has 26 heavy (non-hydrogen) atoms. The molecule has 0 saturated heterocycles. The van der Waals surface area contributed by atoms with E-state index in [-0.39, 0.29) is 29.8 Å². The Morgan fingerprint density at radius 2 is 1.73 bits per heavy atom. The minimum atomic E-state index is -0.699.